The molecule has 7 heteroatoms. The largest absolute Gasteiger partial charge is 0.507 e. The van der Waals surface area contributed by atoms with Crippen LogP contribution in [0.5, 0.6) is 5.75 Å². The van der Waals surface area contributed by atoms with Crippen molar-refractivity contribution in [2.45, 2.75) is 18.4 Å². The molecule has 1 aliphatic heterocycles. The quantitative estimate of drug-likeness (QED) is 0.912. The number of aromatic nitrogens is 2. The molecule has 0 unspecified atom stereocenters. The highest BCUT2D eigenvalue weighted by molar-refractivity contribution is 9.10. The Morgan fingerprint density at radius 2 is 2.10 bits per heavy atom. The lowest BCUT2D eigenvalue weighted by molar-refractivity contribution is -0.101. The molecule has 1 aliphatic rings. The molecule has 2 aromatic rings. The lowest BCUT2D eigenvalue weighted by atomic mass is 9.93. The number of nitrogens with zero attached hydrogens (tertiary/aromatic N) is 2. The van der Waals surface area contributed by atoms with Crippen molar-refractivity contribution in [2.24, 2.45) is 0 Å². The zero-order valence-corrected chi connectivity index (χ0v) is 13.1. The Bertz CT molecular complexity index is 638. The maximum atomic E-state index is 9.98. The smallest absolute Gasteiger partial charge is 0.261 e. The van der Waals surface area contributed by atoms with E-state index < -0.39 is 5.60 Å². The highest BCUT2D eigenvalue weighted by Crippen LogP contribution is 2.36. The Morgan fingerprint density at radius 3 is 2.76 bits per heavy atom. The number of aromatic hydroxyl groups is 1. The summed E-state index contributed by atoms with van der Waals surface area (Å²) in [5, 5.41) is 14.0. The van der Waals surface area contributed by atoms with Gasteiger partial charge in [0.15, 0.2) is 0 Å². The summed E-state index contributed by atoms with van der Waals surface area (Å²) >= 11 is 3.30. The van der Waals surface area contributed by atoms with Gasteiger partial charge in [-0.05, 0) is 18.2 Å². The Balaban J connectivity index is 1.95. The van der Waals surface area contributed by atoms with Crippen molar-refractivity contribution in [3.05, 3.63) is 28.5 Å². The number of phenolic OH excluding ortho intramolecular Hbond substituents is 1. The molecule has 6 nitrogen and oxygen atoms in total. The first-order valence-electron chi connectivity index (χ1n) is 6.60. The van der Waals surface area contributed by atoms with E-state index in [2.05, 4.69) is 26.1 Å². The summed E-state index contributed by atoms with van der Waals surface area (Å²) in [6.45, 7) is 1.20. The molecular formula is C14H15BrN2O4. The molecule has 0 amide bonds. The van der Waals surface area contributed by atoms with E-state index in [1.54, 1.807) is 25.3 Å². The zero-order valence-electron chi connectivity index (χ0n) is 11.5. The summed E-state index contributed by atoms with van der Waals surface area (Å²) in [5.41, 5.74) is -0.0828. The van der Waals surface area contributed by atoms with Crippen LogP contribution in [0.1, 0.15) is 18.7 Å². The van der Waals surface area contributed by atoms with Gasteiger partial charge in [-0.1, -0.05) is 21.1 Å². The monoisotopic (exact) mass is 354 g/mol. The Morgan fingerprint density at radius 1 is 1.33 bits per heavy atom. The van der Waals surface area contributed by atoms with Crippen LogP contribution in [0.3, 0.4) is 0 Å². The Kier molecular flexibility index (Phi) is 3.97. The highest BCUT2D eigenvalue weighted by Gasteiger charge is 2.39. The Hall–Kier alpha value is -1.44. The molecule has 21 heavy (non-hydrogen) atoms. The van der Waals surface area contributed by atoms with Gasteiger partial charge in [-0.15, -0.1) is 0 Å². The molecule has 1 aromatic carbocycles. The van der Waals surface area contributed by atoms with Crippen LogP contribution in [0.4, 0.5) is 0 Å². The van der Waals surface area contributed by atoms with Gasteiger partial charge in [0.1, 0.15) is 11.4 Å². The standard InChI is InChI=1S/C14H15BrN2O4/c1-19-14(4-6-20-7-5-14)13-16-12(21-17-13)10-3-2-9(15)8-11(10)18/h2-3,8,18H,4-7H2,1H3. The minimum atomic E-state index is -0.578. The van der Waals surface area contributed by atoms with Crippen molar-refractivity contribution in [1.82, 2.24) is 10.1 Å². The van der Waals surface area contributed by atoms with E-state index in [4.69, 9.17) is 14.0 Å². The number of ether oxygens (including phenoxy) is 2. The maximum absolute atomic E-state index is 9.98. The number of phenols is 1. The minimum absolute atomic E-state index is 0.0815. The number of hydrogen-bond acceptors (Lipinski definition) is 6. The van der Waals surface area contributed by atoms with Gasteiger partial charge < -0.3 is 19.1 Å². The summed E-state index contributed by atoms with van der Waals surface area (Å²) < 4.78 is 17.1. The van der Waals surface area contributed by atoms with Gasteiger partial charge >= 0.3 is 0 Å². The van der Waals surface area contributed by atoms with Gasteiger partial charge in [0.2, 0.25) is 5.82 Å². The van der Waals surface area contributed by atoms with E-state index >= 15 is 0 Å². The van der Waals surface area contributed by atoms with Crippen molar-refractivity contribution in [2.75, 3.05) is 20.3 Å². The maximum Gasteiger partial charge on any atom is 0.261 e. The summed E-state index contributed by atoms with van der Waals surface area (Å²) in [6.07, 6.45) is 1.35. The van der Waals surface area contributed by atoms with E-state index in [1.165, 1.54) is 0 Å². The van der Waals surface area contributed by atoms with Gasteiger partial charge in [0.25, 0.3) is 5.89 Å². The minimum Gasteiger partial charge on any atom is -0.507 e. The third kappa shape index (κ3) is 2.68. The lowest BCUT2D eigenvalue weighted by Crippen LogP contribution is -2.36. The lowest BCUT2D eigenvalue weighted by Gasteiger charge is -2.32. The molecule has 1 aromatic heterocycles. The zero-order chi connectivity index (χ0) is 14.9. The number of hydrogen-bond donors (Lipinski definition) is 1. The molecular weight excluding hydrogens is 340 g/mol. The van der Waals surface area contributed by atoms with E-state index in [1.807, 2.05) is 0 Å². The molecule has 0 aliphatic carbocycles. The van der Waals surface area contributed by atoms with Crippen LogP contribution in [0.25, 0.3) is 11.5 Å². The van der Waals surface area contributed by atoms with Gasteiger partial charge in [0.05, 0.1) is 5.56 Å². The van der Waals surface area contributed by atoms with E-state index in [-0.39, 0.29) is 11.6 Å². The topological polar surface area (TPSA) is 77.6 Å². The molecule has 1 saturated heterocycles. The second-order valence-corrected chi connectivity index (χ2v) is 5.81. The number of benzene rings is 1. The molecule has 0 radical (unpaired) electrons. The van der Waals surface area contributed by atoms with Crippen LogP contribution >= 0.6 is 15.9 Å². The molecule has 0 bridgehead atoms. The van der Waals surface area contributed by atoms with Crippen molar-refractivity contribution in [3.63, 3.8) is 0 Å². The molecule has 1 N–H and O–H groups in total. The van der Waals surface area contributed by atoms with Gasteiger partial charge in [-0.2, -0.15) is 4.98 Å². The first-order chi connectivity index (χ1) is 10.1. The van der Waals surface area contributed by atoms with E-state index in [0.29, 0.717) is 37.4 Å². The van der Waals surface area contributed by atoms with Crippen LogP contribution in [0, 0.1) is 0 Å². The molecule has 3 rings (SSSR count). The fourth-order valence-corrected chi connectivity index (χ4v) is 2.77. The first-order valence-corrected chi connectivity index (χ1v) is 7.40. The molecule has 0 saturated carbocycles. The molecule has 0 atom stereocenters. The third-order valence-electron chi connectivity index (χ3n) is 3.71. The van der Waals surface area contributed by atoms with E-state index in [0.717, 1.165) is 4.47 Å². The second kappa shape index (κ2) is 5.75. The third-order valence-corrected chi connectivity index (χ3v) is 4.21. The van der Waals surface area contributed by atoms with Crippen molar-refractivity contribution >= 4 is 15.9 Å². The molecule has 1 fully saturated rings. The van der Waals surface area contributed by atoms with Crippen LogP contribution in [0.2, 0.25) is 0 Å². The normalized spacial score (nSPS) is 17.8. The van der Waals surface area contributed by atoms with Crippen LogP contribution in [0.15, 0.2) is 27.2 Å². The predicted octanol–water partition coefficient (Wildman–Crippen LogP) is 2.86. The van der Waals surface area contributed by atoms with Crippen LogP contribution in [-0.2, 0) is 15.1 Å². The molecule has 2 heterocycles. The van der Waals surface area contributed by atoms with Gasteiger partial charge in [-0.3, -0.25) is 0 Å². The number of halogens is 1. The molecule has 0 spiro atoms. The average molecular weight is 355 g/mol. The SMILES string of the molecule is COC1(c2noc(-c3ccc(Br)cc3O)n2)CCOCC1. The van der Waals surface area contributed by atoms with Crippen molar-refractivity contribution in [1.29, 1.82) is 0 Å². The fraction of sp³-hybridized carbons (Fsp3) is 0.429. The Labute approximate surface area is 130 Å². The second-order valence-electron chi connectivity index (χ2n) is 4.90. The predicted molar refractivity (Wildman–Crippen MR) is 77.8 cm³/mol. The fourth-order valence-electron chi connectivity index (χ4n) is 2.42. The van der Waals surface area contributed by atoms with Crippen molar-refractivity contribution < 1.29 is 19.1 Å². The van der Waals surface area contributed by atoms with E-state index in [9.17, 15) is 5.11 Å². The number of methoxy groups -OCH3 is 1. The van der Waals surface area contributed by atoms with Gasteiger partial charge in [0, 0.05) is 37.6 Å². The van der Waals surface area contributed by atoms with Gasteiger partial charge in [-0.25, -0.2) is 0 Å². The summed E-state index contributed by atoms with van der Waals surface area (Å²) in [4.78, 5) is 4.40. The van der Waals surface area contributed by atoms with Crippen molar-refractivity contribution in [3.8, 4) is 17.2 Å². The number of rotatable bonds is 3. The first kappa shape index (κ1) is 14.5. The average Bonchev–Trinajstić information content (AvgIpc) is 2.98. The van der Waals surface area contributed by atoms with Crippen LogP contribution in [-0.4, -0.2) is 35.6 Å². The highest BCUT2D eigenvalue weighted by atomic mass is 79.9. The van der Waals surface area contributed by atoms with Crippen LogP contribution < -0.4 is 0 Å². The summed E-state index contributed by atoms with van der Waals surface area (Å²) in [5.74, 6) is 0.849. The summed E-state index contributed by atoms with van der Waals surface area (Å²) in [7, 11) is 1.64. The summed E-state index contributed by atoms with van der Waals surface area (Å²) in [6, 6.07) is 5.11. The molecule has 112 valence electrons.